The Balaban J connectivity index is 2.40. The number of phenols is 1. The maximum atomic E-state index is 9.79. The lowest BCUT2D eigenvalue weighted by Crippen LogP contribution is -2.10. The molecule has 2 aromatic rings. The summed E-state index contributed by atoms with van der Waals surface area (Å²) in [6.45, 7) is 6.59. The summed E-state index contributed by atoms with van der Waals surface area (Å²) in [5, 5.41) is 9.79. The summed E-state index contributed by atoms with van der Waals surface area (Å²) in [4.78, 5) is 0. The average molecular weight is 226 g/mol. The van der Waals surface area contributed by atoms with Crippen LogP contribution in [0.2, 0.25) is 0 Å². The normalized spacial score (nSPS) is 11.5. The summed E-state index contributed by atoms with van der Waals surface area (Å²) in [7, 11) is 0. The number of aromatic hydroxyl groups is 1. The summed E-state index contributed by atoms with van der Waals surface area (Å²) < 4.78 is 0. The molecule has 2 aromatic carbocycles. The molecular weight excluding hydrogens is 208 g/mol. The Bertz CT molecular complexity index is 504. The highest BCUT2D eigenvalue weighted by Crippen LogP contribution is 2.30. The van der Waals surface area contributed by atoms with Gasteiger partial charge >= 0.3 is 0 Å². The van der Waals surface area contributed by atoms with Gasteiger partial charge in [-0.25, -0.2) is 0 Å². The fourth-order valence-electron chi connectivity index (χ4n) is 1.87. The first-order valence-corrected chi connectivity index (χ1v) is 5.87. The molecule has 0 saturated carbocycles. The molecule has 0 fully saturated rings. The van der Waals surface area contributed by atoms with Gasteiger partial charge in [0, 0.05) is 5.56 Å². The lowest BCUT2D eigenvalue weighted by Gasteiger charge is -2.19. The van der Waals surface area contributed by atoms with Crippen LogP contribution in [-0.4, -0.2) is 5.11 Å². The first-order valence-electron chi connectivity index (χ1n) is 5.87. The van der Waals surface area contributed by atoms with Crippen molar-refractivity contribution in [3.05, 3.63) is 54.1 Å². The summed E-state index contributed by atoms with van der Waals surface area (Å²) in [6, 6.07) is 15.8. The van der Waals surface area contributed by atoms with E-state index in [-0.39, 0.29) is 5.41 Å². The molecule has 0 aliphatic heterocycles. The van der Waals surface area contributed by atoms with Crippen molar-refractivity contribution in [1.82, 2.24) is 0 Å². The van der Waals surface area contributed by atoms with E-state index in [9.17, 15) is 5.11 Å². The third-order valence-corrected chi connectivity index (χ3v) is 2.97. The van der Waals surface area contributed by atoms with Crippen molar-refractivity contribution in [3.63, 3.8) is 0 Å². The van der Waals surface area contributed by atoms with E-state index in [0.717, 1.165) is 11.1 Å². The maximum absolute atomic E-state index is 9.79. The lowest BCUT2D eigenvalue weighted by atomic mass is 9.86. The van der Waals surface area contributed by atoms with E-state index >= 15 is 0 Å². The molecule has 1 heteroatoms. The van der Waals surface area contributed by atoms with Gasteiger partial charge < -0.3 is 5.11 Å². The maximum Gasteiger partial charge on any atom is 0.123 e. The highest BCUT2D eigenvalue weighted by Gasteiger charge is 2.13. The molecular formula is C16H18O. The molecule has 0 bridgehead atoms. The van der Waals surface area contributed by atoms with E-state index in [1.807, 2.05) is 18.2 Å². The van der Waals surface area contributed by atoms with Gasteiger partial charge in [-0.2, -0.15) is 0 Å². The minimum Gasteiger partial charge on any atom is -0.507 e. The largest absolute Gasteiger partial charge is 0.507 e. The molecule has 0 radical (unpaired) electrons. The van der Waals surface area contributed by atoms with Crippen molar-refractivity contribution in [1.29, 1.82) is 0 Å². The van der Waals surface area contributed by atoms with Gasteiger partial charge in [-0.15, -0.1) is 0 Å². The van der Waals surface area contributed by atoms with Crippen molar-refractivity contribution >= 4 is 0 Å². The van der Waals surface area contributed by atoms with Gasteiger partial charge in [0.05, 0.1) is 0 Å². The Morgan fingerprint density at radius 2 is 1.41 bits per heavy atom. The van der Waals surface area contributed by atoms with Crippen LogP contribution in [-0.2, 0) is 5.41 Å². The second-order valence-corrected chi connectivity index (χ2v) is 5.34. The second-order valence-electron chi connectivity index (χ2n) is 5.34. The molecule has 0 heterocycles. The van der Waals surface area contributed by atoms with Gasteiger partial charge in [-0.1, -0.05) is 63.2 Å². The molecule has 0 amide bonds. The third kappa shape index (κ3) is 2.50. The monoisotopic (exact) mass is 226 g/mol. The van der Waals surface area contributed by atoms with E-state index in [4.69, 9.17) is 0 Å². The highest BCUT2D eigenvalue weighted by molar-refractivity contribution is 5.70. The Labute approximate surface area is 103 Å². The van der Waals surface area contributed by atoms with Crippen molar-refractivity contribution in [2.45, 2.75) is 26.2 Å². The Morgan fingerprint density at radius 1 is 0.824 bits per heavy atom. The number of benzene rings is 2. The molecule has 2 rings (SSSR count). The molecule has 0 spiro atoms. The zero-order valence-corrected chi connectivity index (χ0v) is 10.6. The molecule has 0 aromatic heterocycles. The van der Waals surface area contributed by atoms with Crippen molar-refractivity contribution < 1.29 is 5.11 Å². The average Bonchev–Trinajstić information content (AvgIpc) is 2.29. The van der Waals surface area contributed by atoms with Crippen molar-refractivity contribution in [2.24, 2.45) is 0 Å². The molecule has 0 aliphatic carbocycles. The highest BCUT2D eigenvalue weighted by atomic mass is 16.3. The van der Waals surface area contributed by atoms with Crippen LogP contribution in [0.3, 0.4) is 0 Å². The number of rotatable bonds is 1. The zero-order valence-electron chi connectivity index (χ0n) is 10.6. The summed E-state index contributed by atoms with van der Waals surface area (Å²) >= 11 is 0. The first kappa shape index (κ1) is 11.7. The van der Waals surface area contributed by atoms with E-state index < -0.39 is 0 Å². The van der Waals surface area contributed by atoms with Crippen LogP contribution < -0.4 is 0 Å². The zero-order chi connectivity index (χ0) is 12.5. The van der Waals surface area contributed by atoms with Crippen LogP contribution in [0.4, 0.5) is 0 Å². The smallest absolute Gasteiger partial charge is 0.123 e. The van der Waals surface area contributed by atoms with Gasteiger partial charge in [0.1, 0.15) is 5.75 Å². The molecule has 0 saturated heterocycles. The van der Waals surface area contributed by atoms with E-state index in [0.29, 0.717) is 5.75 Å². The minimum absolute atomic E-state index is 0.164. The van der Waals surface area contributed by atoms with Gasteiger partial charge in [0.25, 0.3) is 0 Å². The summed E-state index contributed by atoms with van der Waals surface area (Å²) in [5.74, 6) is 0.330. The molecule has 0 unspecified atom stereocenters. The fraction of sp³-hybridized carbons (Fsp3) is 0.250. The molecule has 0 atom stereocenters. The molecule has 17 heavy (non-hydrogen) atoms. The van der Waals surface area contributed by atoms with Crippen LogP contribution in [0.25, 0.3) is 11.1 Å². The van der Waals surface area contributed by atoms with Crippen LogP contribution in [0, 0.1) is 0 Å². The van der Waals surface area contributed by atoms with Crippen LogP contribution in [0.5, 0.6) is 5.75 Å². The van der Waals surface area contributed by atoms with Crippen LogP contribution in [0.15, 0.2) is 48.5 Å². The van der Waals surface area contributed by atoms with Gasteiger partial charge in [0.2, 0.25) is 0 Å². The van der Waals surface area contributed by atoms with E-state index in [2.05, 4.69) is 45.0 Å². The second kappa shape index (κ2) is 4.25. The van der Waals surface area contributed by atoms with Crippen LogP contribution in [0.1, 0.15) is 26.3 Å². The lowest BCUT2D eigenvalue weighted by molar-refractivity contribution is 0.477. The fourth-order valence-corrected chi connectivity index (χ4v) is 1.87. The topological polar surface area (TPSA) is 20.2 Å². The predicted molar refractivity (Wildman–Crippen MR) is 72.2 cm³/mol. The Kier molecular flexibility index (Phi) is 2.93. The summed E-state index contributed by atoms with van der Waals surface area (Å²) in [5.41, 5.74) is 3.40. The number of hydrogen-bond donors (Lipinski definition) is 1. The van der Waals surface area contributed by atoms with Crippen LogP contribution >= 0.6 is 0 Å². The number of hydrogen-bond acceptors (Lipinski definition) is 1. The van der Waals surface area contributed by atoms with Crippen molar-refractivity contribution in [2.75, 3.05) is 0 Å². The van der Waals surface area contributed by atoms with E-state index in [1.54, 1.807) is 6.07 Å². The van der Waals surface area contributed by atoms with Gasteiger partial charge in [0.15, 0.2) is 0 Å². The first-order chi connectivity index (χ1) is 7.98. The quantitative estimate of drug-likeness (QED) is 0.766. The SMILES string of the molecule is CC(C)(C)c1ccc(-c2ccccc2O)cc1. The number of phenolic OH excluding ortho intramolecular Hbond substituents is 1. The third-order valence-electron chi connectivity index (χ3n) is 2.97. The van der Waals surface area contributed by atoms with Crippen molar-refractivity contribution in [3.8, 4) is 16.9 Å². The van der Waals surface area contributed by atoms with Gasteiger partial charge in [-0.05, 0) is 22.6 Å². The Hall–Kier alpha value is -1.76. The van der Waals surface area contributed by atoms with E-state index in [1.165, 1.54) is 5.56 Å². The molecule has 88 valence electrons. The predicted octanol–water partition coefficient (Wildman–Crippen LogP) is 4.36. The Morgan fingerprint density at radius 3 is 1.94 bits per heavy atom. The van der Waals surface area contributed by atoms with Gasteiger partial charge in [-0.3, -0.25) is 0 Å². The summed E-state index contributed by atoms with van der Waals surface area (Å²) in [6.07, 6.45) is 0. The number of para-hydroxylation sites is 1. The standard InChI is InChI=1S/C16H18O/c1-16(2,3)13-10-8-12(9-11-13)14-6-4-5-7-15(14)17/h4-11,17H,1-3H3. The molecule has 1 nitrogen and oxygen atoms in total. The molecule has 1 N–H and O–H groups in total. The molecule has 0 aliphatic rings. The minimum atomic E-state index is 0.164.